The molecule has 1 rings (SSSR count). The highest BCUT2D eigenvalue weighted by Gasteiger charge is 2.30. The standard InChI is InChI=1S/C13H16F3NO2/c1-2-10(8-17)12(18)7-9-3-5-11(6-4-9)19-13(14,15)16/h3-6,10H,2,7-8,17H2,1H3. The molecule has 1 aromatic carbocycles. The minimum absolute atomic E-state index is 0.00510. The summed E-state index contributed by atoms with van der Waals surface area (Å²) in [5.41, 5.74) is 6.11. The van der Waals surface area contributed by atoms with Crippen LogP contribution in [0.2, 0.25) is 0 Å². The maximum atomic E-state index is 12.0. The summed E-state index contributed by atoms with van der Waals surface area (Å²) in [6, 6.07) is 5.28. The van der Waals surface area contributed by atoms with Gasteiger partial charge in [0.1, 0.15) is 11.5 Å². The van der Waals surface area contributed by atoms with Crippen LogP contribution in [-0.4, -0.2) is 18.7 Å². The highest BCUT2D eigenvalue weighted by atomic mass is 19.4. The molecule has 19 heavy (non-hydrogen) atoms. The molecule has 3 nitrogen and oxygen atoms in total. The number of rotatable bonds is 6. The molecular formula is C13H16F3NO2. The van der Waals surface area contributed by atoms with Crippen molar-refractivity contribution in [2.75, 3.05) is 6.54 Å². The van der Waals surface area contributed by atoms with E-state index in [2.05, 4.69) is 4.74 Å². The molecule has 0 aliphatic heterocycles. The molecule has 0 saturated carbocycles. The molecule has 0 radical (unpaired) electrons. The predicted molar refractivity (Wildman–Crippen MR) is 64.7 cm³/mol. The van der Waals surface area contributed by atoms with E-state index in [1.807, 2.05) is 6.92 Å². The summed E-state index contributed by atoms with van der Waals surface area (Å²) in [6.07, 6.45) is -3.88. The van der Waals surface area contributed by atoms with Crippen LogP contribution in [0, 0.1) is 5.92 Å². The molecule has 1 aromatic rings. The molecule has 0 aliphatic rings. The van der Waals surface area contributed by atoms with Crippen LogP contribution in [0.15, 0.2) is 24.3 Å². The van der Waals surface area contributed by atoms with E-state index < -0.39 is 6.36 Å². The molecule has 0 heterocycles. The Bertz CT molecular complexity index is 411. The van der Waals surface area contributed by atoms with Crippen LogP contribution >= 0.6 is 0 Å². The van der Waals surface area contributed by atoms with E-state index in [-0.39, 0.29) is 30.4 Å². The Hall–Kier alpha value is -1.56. The number of carbonyl (C=O) groups is 1. The minimum atomic E-state index is -4.70. The zero-order chi connectivity index (χ0) is 14.5. The second kappa shape index (κ2) is 6.56. The van der Waals surface area contributed by atoms with E-state index >= 15 is 0 Å². The predicted octanol–water partition coefficient (Wildman–Crippen LogP) is 2.68. The van der Waals surface area contributed by atoms with E-state index in [1.54, 1.807) is 0 Å². The van der Waals surface area contributed by atoms with Crippen molar-refractivity contribution in [1.29, 1.82) is 0 Å². The average molecular weight is 275 g/mol. The van der Waals surface area contributed by atoms with Crippen LogP contribution < -0.4 is 10.5 Å². The van der Waals surface area contributed by atoms with Gasteiger partial charge in [-0.1, -0.05) is 19.1 Å². The summed E-state index contributed by atoms with van der Waals surface area (Å²) in [7, 11) is 0. The van der Waals surface area contributed by atoms with Crippen molar-refractivity contribution in [2.45, 2.75) is 26.1 Å². The third kappa shape index (κ3) is 5.30. The third-order valence-electron chi connectivity index (χ3n) is 2.77. The highest BCUT2D eigenvalue weighted by Crippen LogP contribution is 2.23. The van der Waals surface area contributed by atoms with E-state index in [9.17, 15) is 18.0 Å². The van der Waals surface area contributed by atoms with Gasteiger partial charge in [-0.15, -0.1) is 13.2 Å². The Morgan fingerprint density at radius 2 is 1.89 bits per heavy atom. The van der Waals surface area contributed by atoms with Crippen LogP contribution in [0.4, 0.5) is 13.2 Å². The lowest BCUT2D eigenvalue weighted by Crippen LogP contribution is -2.24. The summed E-state index contributed by atoms with van der Waals surface area (Å²) < 4.78 is 39.6. The topological polar surface area (TPSA) is 52.3 Å². The van der Waals surface area contributed by atoms with Crippen molar-refractivity contribution >= 4 is 5.78 Å². The SMILES string of the molecule is CCC(CN)C(=O)Cc1ccc(OC(F)(F)F)cc1. The summed E-state index contributed by atoms with van der Waals surface area (Å²) in [6.45, 7) is 2.15. The molecule has 0 aliphatic carbocycles. The van der Waals surface area contributed by atoms with E-state index in [1.165, 1.54) is 24.3 Å². The first-order chi connectivity index (χ1) is 8.85. The van der Waals surface area contributed by atoms with Crippen molar-refractivity contribution in [3.8, 4) is 5.75 Å². The zero-order valence-corrected chi connectivity index (χ0v) is 10.5. The lowest BCUT2D eigenvalue weighted by Gasteiger charge is -2.12. The first-order valence-corrected chi connectivity index (χ1v) is 5.93. The molecule has 0 fully saturated rings. The van der Waals surface area contributed by atoms with Gasteiger partial charge in [0.25, 0.3) is 0 Å². The van der Waals surface area contributed by atoms with Gasteiger partial charge >= 0.3 is 6.36 Å². The number of halogens is 3. The lowest BCUT2D eigenvalue weighted by molar-refractivity contribution is -0.274. The largest absolute Gasteiger partial charge is 0.573 e. The summed E-state index contributed by atoms with van der Waals surface area (Å²) in [5.74, 6) is -0.504. The van der Waals surface area contributed by atoms with Gasteiger partial charge in [-0.05, 0) is 24.1 Å². The fourth-order valence-corrected chi connectivity index (χ4v) is 1.68. The van der Waals surface area contributed by atoms with E-state index in [0.717, 1.165) is 0 Å². The van der Waals surface area contributed by atoms with Gasteiger partial charge in [-0.3, -0.25) is 4.79 Å². The van der Waals surface area contributed by atoms with Crippen molar-refractivity contribution in [3.05, 3.63) is 29.8 Å². The smallest absolute Gasteiger partial charge is 0.406 e. The molecule has 0 saturated heterocycles. The molecule has 0 aromatic heterocycles. The van der Waals surface area contributed by atoms with Gasteiger partial charge in [0.05, 0.1) is 0 Å². The average Bonchev–Trinajstić information content (AvgIpc) is 2.31. The Morgan fingerprint density at radius 1 is 1.32 bits per heavy atom. The number of ether oxygens (including phenoxy) is 1. The molecule has 1 unspecified atom stereocenters. The number of hydrogen-bond acceptors (Lipinski definition) is 3. The van der Waals surface area contributed by atoms with E-state index in [0.29, 0.717) is 12.0 Å². The third-order valence-corrected chi connectivity index (χ3v) is 2.77. The molecule has 0 spiro atoms. The van der Waals surface area contributed by atoms with Gasteiger partial charge < -0.3 is 10.5 Å². The first kappa shape index (κ1) is 15.5. The Kier molecular flexibility index (Phi) is 5.35. The molecule has 2 N–H and O–H groups in total. The van der Waals surface area contributed by atoms with E-state index in [4.69, 9.17) is 5.73 Å². The number of hydrogen-bond donors (Lipinski definition) is 1. The second-order valence-electron chi connectivity index (χ2n) is 4.18. The summed E-state index contributed by atoms with van der Waals surface area (Å²) >= 11 is 0. The normalized spacial score (nSPS) is 13.1. The zero-order valence-electron chi connectivity index (χ0n) is 10.5. The van der Waals surface area contributed by atoms with Crippen molar-refractivity contribution < 1.29 is 22.7 Å². The Balaban J connectivity index is 2.64. The molecule has 1 atom stereocenters. The quantitative estimate of drug-likeness (QED) is 0.868. The maximum absolute atomic E-state index is 12.0. The second-order valence-corrected chi connectivity index (χ2v) is 4.18. The maximum Gasteiger partial charge on any atom is 0.573 e. The minimum Gasteiger partial charge on any atom is -0.406 e. The monoisotopic (exact) mass is 275 g/mol. The number of alkyl halides is 3. The van der Waals surface area contributed by atoms with Crippen LogP contribution in [0.25, 0.3) is 0 Å². The van der Waals surface area contributed by atoms with Gasteiger partial charge in [-0.2, -0.15) is 0 Å². The number of ketones is 1. The fraction of sp³-hybridized carbons (Fsp3) is 0.462. The first-order valence-electron chi connectivity index (χ1n) is 5.93. The van der Waals surface area contributed by atoms with Crippen LogP contribution in [-0.2, 0) is 11.2 Å². The summed E-state index contributed by atoms with van der Waals surface area (Å²) in [5, 5.41) is 0. The van der Waals surface area contributed by atoms with Crippen LogP contribution in [0.1, 0.15) is 18.9 Å². The number of nitrogens with two attached hydrogens (primary N) is 1. The lowest BCUT2D eigenvalue weighted by atomic mass is 9.96. The highest BCUT2D eigenvalue weighted by molar-refractivity contribution is 5.83. The van der Waals surface area contributed by atoms with Crippen LogP contribution in [0.3, 0.4) is 0 Å². The molecule has 0 bridgehead atoms. The molecular weight excluding hydrogens is 259 g/mol. The van der Waals surface area contributed by atoms with Crippen LogP contribution in [0.5, 0.6) is 5.75 Å². The van der Waals surface area contributed by atoms with Gasteiger partial charge in [0, 0.05) is 18.9 Å². The number of Topliss-reactive ketones (excluding diaryl/α,β-unsaturated/α-hetero) is 1. The van der Waals surface area contributed by atoms with Gasteiger partial charge in [0.2, 0.25) is 0 Å². The molecule has 0 amide bonds. The molecule has 6 heteroatoms. The van der Waals surface area contributed by atoms with Gasteiger partial charge in [-0.25, -0.2) is 0 Å². The van der Waals surface area contributed by atoms with Crippen molar-refractivity contribution in [1.82, 2.24) is 0 Å². The Morgan fingerprint density at radius 3 is 2.32 bits per heavy atom. The number of carbonyl (C=O) groups excluding carboxylic acids is 1. The Labute approximate surface area is 109 Å². The van der Waals surface area contributed by atoms with Crippen molar-refractivity contribution in [2.24, 2.45) is 11.7 Å². The van der Waals surface area contributed by atoms with Crippen molar-refractivity contribution in [3.63, 3.8) is 0 Å². The fourth-order valence-electron chi connectivity index (χ4n) is 1.68. The summed E-state index contributed by atoms with van der Waals surface area (Å²) in [4.78, 5) is 11.8. The molecule has 106 valence electrons. The number of benzene rings is 1. The van der Waals surface area contributed by atoms with Gasteiger partial charge in [0.15, 0.2) is 0 Å².